The van der Waals surface area contributed by atoms with Gasteiger partial charge in [0.25, 0.3) is 0 Å². The van der Waals surface area contributed by atoms with Crippen LogP contribution in [-0.2, 0) is 6.42 Å². The van der Waals surface area contributed by atoms with Gasteiger partial charge in [0.1, 0.15) is 17.3 Å². The Morgan fingerprint density at radius 2 is 1.63 bits per heavy atom. The van der Waals surface area contributed by atoms with Gasteiger partial charge < -0.3 is 10.5 Å². The fraction of sp³-hybridized carbons (Fsp3) is 0.143. The Hall–Kier alpha value is -1.29. The van der Waals surface area contributed by atoms with E-state index in [2.05, 4.69) is 0 Å². The fourth-order valence-corrected chi connectivity index (χ4v) is 2.06. The molecule has 0 saturated heterocycles. The molecule has 0 saturated carbocycles. The van der Waals surface area contributed by atoms with Crippen molar-refractivity contribution in [1.29, 1.82) is 0 Å². The summed E-state index contributed by atoms with van der Waals surface area (Å²) in [5.41, 5.74) is 6.45. The van der Waals surface area contributed by atoms with Crippen molar-refractivity contribution >= 4 is 23.2 Å². The third kappa shape index (κ3) is 3.60. The minimum Gasteiger partial charge on any atom is -0.457 e. The molecule has 0 radical (unpaired) electrons. The van der Waals surface area contributed by atoms with E-state index in [1.807, 2.05) is 6.07 Å². The molecular weight excluding hydrogens is 288 g/mol. The van der Waals surface area contributed by atoms with Crippen LogP contribution >= 0.6 is 23.2 Å². The minimum atomic E-state index is -0.481. The molecule has 2 aromatic carbocycles. The molecule has 0 aliphatic heterocycles. The molecule has 2 aromatic rings. The third-order valence-electron chi connectivity index (χ3n) is 2.56. The van der Waals surface area contributed by atoms with Gasteiger partial charge in [0.15, 0.2) is 0 Å². The largest absolute Gasteiger partial charge is 0.457 e. The maximum absolute atomic E-state index is 13.0. The van der Waals surface area contributed by atoms with Crippen molar-refractivity contribution in [2.24, 2.45) is 5.73 Å². The summed E-state index contributed by atoms with van der Waals surface area (Å²) in [6.45, 7) is 0.535. The summed E-state index contributed by atoms with van der Waals surface area (Å²) < 4.78 is 18.6. The number of hydrogen-bond acceptors (Lipinski definition) is 2. The van der Waals surface area contributed by atoms with E-state index in [0.717, 1.165) is 5.56 Å². The Bertz CT molecular complexity index is 590. The number of nitrogens with two attached hydrogens (primary N) is 1. The predicted octanol–water partition coefficient (Wildman–Crippen LogP) is 4.43. The maximum atomic E-state index is 13.0. The molecule has 0 spiro atoms. The zero-order valence-electron chi connectivity index (χ0n) is 10.00. The first-order chi connectivity index (χ1) is 9.10. The summed E-state index contributed by atoms with van der Waals surface area (Å²) >= 11 is 11.8. The molecule has 100 valence electrons. The zero-order chi connectivity index (χ0) is 13.8. The number of hydrogen-bond donors (Lipinski definition) is 1. The lowest BCUT2D eigenvalue weighted by molar-refractivity contribution is 0.480. The van der Waals surface area contributed by atoms with Crippen LogP contribution in [0.3, 0.4) is 0 Å². The lowest BCUT2D eigenvalue weighted by Crippen LogP contribution is -2.03. The van der Waals surface area contributed by atoms with Crippen LogP contribution in [-0.4, -0.2) is 6.54 Å². The van der Waals surface area contributed by atoms with Crippen LogP contribution in [0.4, 0.5) is 4.39 Å². The molecule has 5 heteroatoms. The van der Waals surface area contributed by atoms with E-state index >= 15 is 0 Å². The predicted molar refractivity (Wildman–Crippen MR) is 75.7 cm³/mol. The van der Waals surface area contributed by atoms with Crippen molar-refractivity contribution in [2.45, 2.75) is 6.42 Å². The molecule has 0 heterocycles. The standard InChI is InChI=1S/C14H12Cl2FNO/c15-12-7-10(2-1-9(12)5-6-18)19-11-3-4-14(17)13(16)8-11/h1-4,7-8H,5-6,18H2. The van der Waals surface area contributed by atoms with E-state index in [4.69, 9.17) is 33.7 Å². The second-order valence-electron chi connectivity index (χ2n) is 3.97. The molecule has 0 aliphatic rings. The van der Waals surface area contributed by atoms with Gasteiger partial charge in [-0.15, -0.1) is 0 Å². The molecule has 2 nitrogen and oxygen atoms in total. The molecule has 2 rings (SSSR count). The van der Waals surface area contributed by atoms with Crippen molar-refractivity contribution in [3.05, 3.63) is 57.8 Å². The summed E-state index contributed by atoms with van der Waals surface area (Å²) in [5, 5.41) is 0.611. The summed E-state index contributed by atoms with van der Waals surface area (Å²) in [7, 11) is 0. The van der Waals surface area contributed by atoms with Crippen molar-refractivity contribution in [3.8, 4) is 11.5 Å². The number of benzene rings is 2. The highest BCUT2D eigenvalue weighted by Gasteiger charge is 2.05. The van der Waals surface area contributed by atoms with Gasteiger partial charge in [0, 0.05) is 11.1 Å². The Morgan fingerprint density at radius 1 is 1.00 bits per heavy atom. The first kappa shape index (κ1) is 14.1. The van der Waals surface area contributed by atoms with Gasteiger partial charge in [-0.2, -0.15) is 0 Å². The van der Waals surface area contributed by atoms with E-state index in [9.17, 15) is 4.39 Å². The first-order valence-corrected chi connectivity index (χ1v) is 6.47. The summed E-state index contributed by atoms with van der Waals surface area (Å²) in [4.78, 5) is 0. The number of rotatable bonds is 4. The van der Waals surface area contributed by atoms with Gasteiger partial charge in [-0.05, 0) is 42.8 Å². The summed E-state index contributed by atoms with van der Waals surface area (Å²) in [6, 6.07) is 9.51. The minimum absolute atomic E-state index is 0.0170. The summed E-state index contributed by atoms with van der Waals surface area (Å²) in [6.07, 6.45) is 0.710. The van der Waals surface area contributed by atoms with E-state index in [1.165, 1.54) is 18.2 Å². The molecule has 0 fully saturated rings. The quantitative estimate of drug-likeness (QED) is 0.906. The Kier molecular flexibility index (Phi) is 4.64. The second kappa shape index (κ2) is 6.24. The fourth-order valence-electron chi connectivity index (χ4n) is 1.63. The Balaban J connectivity index is 2.19. The van der Waals surface area contributed by atoms with Crippen LogP contribution in [0.5, 0.6) is 11.5 Å². The maximum Gasteiger partial charge on any atom is 0.142 e. The van der Waals surface area contributed by atoms with Gasteiger partial charge in [-0.3, -0.25) is 0 Å². The van der Waals surface area contributed by atoms with E-state index < -0.39 is 5.82 Å². The average molecular weight is 300 g/mol. The number of halogens is 3. The van der Waals surface area contributed by atoms with Gasteiger partial charge in [0.05, 0.1) is 5.02 Å². The first-order valence-electron chi connectivity index (χ1n) is 5.71. The second-order valence-corrected chi connectivity index (χ2v) is 4.78. The van der Waals surface area contributed by atoms with Crippen molar-refractivity contribution in [2.75, 3.05) is 6.54 Å². The molecule has 2 N–H and O–H groups in total. The molecule has 0 amide bonds. The topological polar surface area (TPSA) is 35.2 Å². The lowest BCUT2D eigenvalue weighted by atomic mass is 10.1. The van der Waals surface area contributed by atoms with Crippen LogP contribution in [0.2, 0.25) is 10.0 Å². The Morgan fingerprint density at radius 3 is 2.21 bits per heavy atom. The van der Waals surface area contributed by atoms with E-state index in [-0.39, 0.29) is 5.02 Å². The molecule has 0 aliphatic carbocycles. The number of ether oxygens (including phenoxy) is 1. The van der Waals surface area contributed by atoms with Crippen LogP contribution < -0.4 is 10.5 Å². The van der Waals surface area contributed by atoms with Crippen molar-refractivity contribution in [3.63, 3.8) is 0 Å². The average Bonchev–Trinajstić information content (AvgIpc) is 2.37. The normalized spacial score (nSPS) is 10.5. The van der Waals surface area contributed by atoms with Gasteiger partial charge >= 0.3 is 0 Å². The molecule has 0 bridgehead atoms. The molecule has 0 atom stereocenters. The van der Waals surface area contributed by atoms with Gasteiger partial charge in [-0.25, -0.2) is 4.39 Å². The molecular formula is C14H12Cl2FNO. The van der Waals surface area contributed by atoms with Gasteiger partial charge in [0.2, 0.25) is 0 Å². The highest BCUT2D eigenvalue weighted by atomic mass is 35.5. The van der Waals surface area contributed by atoms with Gasteiger partial charge in [-0.1, -0.05) is 29.3 Å². The third-order valence-corrected chi connectivity index (χ3v) is 3.21. The highest BCUT2D eigenvalue weighted by Crippen LogP contribution is 2.29. The highest BCUT2D eigenvalue weighted by molar-refractivity contribution is 6.31. The van der Waals surface area contributed by atoms with Crippen LogP contribution in [0.15, 0.2) is 36.4 Å². The van der Waals surface area contributed by atoms with Crippen LogP contribution in [0, 0.1) is 5.82 Å². The lowest BCUT2D eigenvalue weighted by Gasteiger charge is -2.09. The van der Waals surface area contributed by atoms with Crippen molar-refractivity contribution in [1.82, 2.24) is 0 Å². The van der Waals surface area contributed by atoms with E-state index in [1.54, 1.807) is 12.1 Å². The zero-order valence-corrected chi connectivity index (χ0v) is 11.5. The molecule has 19 heavy (non-hydrogen) atoms. The monoisotopic (exact) mass is 299 g/mol. The van der Waals surface area contributed by atoms with E-state index in [0.29, 0.717) is 29.5 Å². The molecule has 0 aromatic heterocycles. The smallest absolute Gasteiger partial charge is 0.142 e. The SMILES string of the molecule is NCCc1ccc(Oc2ccc(F)c(Cl)c2)cc1Cl. The molecule has 0 unspecified atom stereocenters. The van der Waals surface area contributed by atoms with Crippen LogP contribution in [0.25, 0.3) is 0 Å². The Labute approximate surface area is 120 Å². The van der Waals surface area contributed by atoms with Crippen LogP contribution in [0.1, 0.15) is 5.56 Å². The summed E-state index contributed by atoms with van der Waals surface area (Å²) in [5.74, 6) is 0.535. The van der Waals surface area contributed by atoms with Crippen molar-refractivity contribution < 1.29 is 9.13 Å².